The summed E-state index contributed by atoms with van der Waals surface area (Å²) in [5.41, 5.74) is 7.69. The lowest BCUT2D eigenvalue weighted by Crippen LogP contribution is -2.33. The molecular formula is C29H31N3O6. The number of phenolic OH excluding ortho intramolecular Hbond substituents is 1. The molecule has 0 fully saturated rings. The minimum absolute atomic E-state index is 0.108. The summed E-state index contributed by atoms with van der Waals surface area (Å²) in [6.45, 7) is 1.87. The number of rotatable bonds is 10. The maximum Gasteiger partial charge on any atom is 0.414 e. The number of anilines is 2. The average molecular weight is 518 g/mol. The molecule has 0 saturated carbocycles. The van der Waals surface area contributed by atoms with E-state index < -0.39 is 18.1 Å². The van der Waals surface area contributed by atoms with Crippen molar-refractivity contribution in [1.29, 1.82) is 0 Å². The molecule has 0 unspecified atom stereocenters. The van der Waals surface area contributed by atoms with Crippen LogP contribution in [0.25, 0.3) is 0 Å². The Bertz CT molecular complexity index is 1290. The smallest absolute Gasteiger partial charge is 0.414 e. The van der Waals surface area contributed by atoms with E-state index in [1.54, 1.807) is 72.8 Å². The van der Waals surface area contributed by atoms with Crippen LogP contribution in [0.2, 0.25) is 0 Å². The van der Waals surface area contributed by atoms with Gasteiger partial charge in [0.15, 0.2) is 11.5 Å². The molecule has 0 aromatic heterocycles. The van der Waals surface area contributed by atoms with Crippen molar-refractivity contribution >= 4 is 29.3 Å². The predicted octanol–water partition coefficient (Wildman–Crippen LogP) is 5.20. The van der Waals surface area contributed by atoms with Gasteiger partial charge in [-0.3, -0.25) is 14.9 Å². The summed E-state index contributed by atoms with van der Waals surface area (Å²) in [6, 6.07) is 20.0. The molecule has 198 valence electrons. The molecule has 9 nitrogen and oxygen atoms in total. The number of aromatic hydroxyl groups is 1. The third-order valence-corrected chi connectivity index (χ3v) is 5.81. The first-order chi connectivity index (χ1) is 18.3. The standard InChI is InChI=1S/C29H31N3O6/c1-19(10-6-9-15-26(34)31-23-14-8-7-13-22(23)30)27(21-16-17-25(37-2)24(33)18-21)38-29(36)32-28(35)20-11-4-3-5-12-20/h3-5,7-9,11-19,27,33H,6,10,30H2,1-2H3,(H,31,34)(H,32,35,36)/b15-9+/t19-,27+/m0/s1. The Labute approximate surface area is 221 Å². The van der Waals surface area contributed by atoms with Crippen molar-refractivity contribution in [2.75, 3.05) is 18.2 Å². The molecule has 2 atom stereocenters. The Kier molecular flexibility index (Phi) is 9.87. The number of phenols is 1. The van der Waals surface area contributed by atoms with Crippen LogP contribution in [0.4, 0.5) is 16.2 Å². The number of methoxy groups -OCH3 is 1. The normalized spacial score (nSPS) is 12.4. The molecule has 0 bridgehead atoms. The van der Waals surface area contributed by atoms with E-state index in [1.807, 2.05) is 6.92 Å². The number of carbonyl (C=O) groups excluding carboxylic acids is 3. The van der Waals surface area contributed by atoms with E-state index in [4.69, 9.17) is 15.2 Å². The lowest BCUT2D eigenvalue weighted by molar-refractivity contribution is -0.111. The summed E-state index contributed by atoms with van der Waals surface area (Å²) in [5, 5.41) is 15.2. The third kappa shape index (κ3) is 7.86. The Morgan fingerprint density at radius 1 is 1.03 bits per heavy atom. The van der Waals surface area contributed by atoms with Crippen molar-refractivity contribution in [1.82, 2.24) is 5.32 Å². The molecule has 0 aliphatic rings. The van der Waals surface area contributed by atoms with Gasteiger partial charge in [0.25, 0.3) is 5.91 Å². The van der Waals surface area contributed by atoms with Gasteiger partial charge in [-0.05, 0) is 66.8 Å². The largest absolute Gasteiger partial charge is 0.504 e. The molecule has 3 amide bonds. The number of hydrogen-bond donors (Lipinski definition) is 4. The van der Waals surface area contributed by atoms with E-state index >= 15 is 0 Å². The Hall–Kier alpha value is -4.79. The van der Waals surface area contributed by atoms with Crippen LogP contribution in [-0.4, -0.2) is 30.1 Å². The molecule has 0 radical (unpaired) electrons. The quantitative estimate of drug-likeness (QED) is 0.214. The maximum absolute atomic E-state index is 12.6. The summed E-state index contributed by atoms with van der Waals surface area (Å²) >= 11 is 0. The van der Waals surface area contributed by atoms with E-state index in [1.165, 1.54) is 19.3 Å². The number of nitrogens with two attached hydrogens (primary N) is 1. The topological polar surface area (TPSA) is 140 Å². The van der Waals surface area contributed by atoms with Crippen molar-refractivity contribution in [2.45, 2.75) is 25.9 Å². The number of ether oxygens (including phenoxy) is 2. The van der Waals surface area contributed by atoms with Gasteiger partial charge in [-0.15, -0.1) is 0 Å². The van der Waals surface area contributed by atoms with E-state index in [2.05, 4.69) is 10.6 Å². The lowest BCUT2D eigenvalue weighted by Gasteiger charge is -2.25. The van der Waals surface area contributed by atoms with E-state index in [0.717, 1.165) is 0 Å². The first kappa shape index (κ1) is 27.8. The minimum atomic E-state index is -0.915. The highest BCUT2D eigenvalue weighted by Gasteiger charge is 2.25. The number of allylic oxidation sites excluding steroid dienone is 1. The van der Waals surface area contributed by atoms with Gasteiger partial charge >= 0.3 is 6.09 Å². The molecule has 3 aromatic carbocycles. The summed E-state index contributed by atoms with van der Waals surface area (Å²) in [5.74, 6) is -0.979. The number of benzene rings is 3. The number of carbonyl (C=O) groups is 3. The summed E-state index contributed by atoms with van der Waals surface area (Å²) < 4.78 is 10.8. The van der Waals surface area contributed by atoms with Crippen LogP contribution in [0.3, 0.4) is 0 Å². The molecule has 0 heterocycles. The Morgan fingerprint density at radius 2 is 1.74 bits per heavy atom. The number of nitrogens with one attached hydrogen (secondary N) is 2. The van der Waals surface area contributed by atoms with Crippen molar-refractivity contribution in [3.05, 3.63) is 96.1 Å². The SMILES string of the molecule is COc1ccc([C@H](OC(=O)NC(=O)c2ccccc2)[C@@H](C)CC/C=C/C(=O)Nc2ccccc2N)cc1O. The number of para-hydroxylation sites is 2. The molecular weight excluding hydrogens is 486 g/mol. The van der Waals surface area contributed by atoms with Gasteiger partial charge in [0.1, 0.15) is 6.10 Å². The first-order valence-corrected chi connectivity index (χ1v) is 12.0. The van der Waals surface area contributed by atoms with Gasteiger partial charge in [0, 0.05) is 5.56 Å². The van der Waals surface area contributed by atoms with Crippen molar-refractivity contribution in [3.63, 3.8) is 0 Å². The number of amides is 3. The third-order valence-electron chi connectivity index (χ3n) is 5.81. The summed E-state index contributed by atoms with van der Waals surface area (Å²) in [7, 11) is 1.43. The zero-order valence-corrected chi connectivity index (χ0v) is 21.2. The van der Waals surface area contributed by atoms with Crippen LogP contribution in [-0.2, 0) is 9.53 Å². The monoisotopic (exact) mass is 517 g/mol. The van der Waals surface area contributed by atoms with E-state index in [-0.39, 0.29) is 23.3 Å². The van der Waals surface area contributed by atoms with E-state index in [9.17, 15) is 19.5 Å². The van der Waals surface area contributed by atoms with Gasteiger partial charge < -0.3 is 25.6 Å². The van der Waals surface area contributed by atoms with E-state index in [0.29, 0.717) is 35.3 Å². The summed E-state index contributed by atoms with van der Waals surface area (Å²) in [4.78, 5) is 37.2. The average Bonchev–Trinajstić information content (AvgIpc) is 2.91. The van der Waals surface area contributed by atoms with Crippen LogP contribution in [0, 0.1) is 5.92 Å². The van der Waals surface area contributed by atoms with Gasteiger partial charge in [-0.2, -0.15) is 0 Å². The first-order valence-electron chi connectivity index (χ1n) is 12.0. The van der Waals surface area contributed by atoms with Gasteiger partial charge in [0.05, 0.1) is 18.5 Å². The second-order valence-electron chi connectivity index (χ2n) is 8.61. The predicted molar refractivity (Wildman–Crippen MR) is 145 cm³/mol. The van der Waals surface area contributed by atoms with Crippen LogP contribution in [0.5, 0.6) is 11.5 Å². The second-order valence-corrected chi connectivity index (χ2v) is 8.61. The van der Waals surface area contributed by atoms with Crippen molar-refractivity contribution in [3.8, 4) is 11.5 Å². The molecule has 0 aliphatic carbocycles. The highest BCUT2D eigenvalue weighted by Crippen LogP contribution is 2.35. The maximum atomic E-state index is 12.6. The number of alkyl carbamates (subject to hydrolysis) is 1. The second kappa shape index (κ2) is 13.5. The van der Waals surface area contributed by atoms with Crippen LogP contribution in [0.1, 0.15) is 41.8 Å². The fourth-order valence-corrected chi connectivity index (χ4v) is 3.78. The molecule has 38 heavy (non-hydrogen) atoms. The Morgan fingerprint density at radius 3 is 2.42 bits per heavy atom. The number of imide groups is 1. The lowest BCUT2D eigenvalue weighted by atomic mass is 9.92. The molecule has 0 spiro atoms. The highest BCUT2D eigenvalue weighted by molar-refractivity contribution is 6.03. The zero-order chi connectivity index (χ0) is 27.5. The molecule has 9 heteroatoms. The van der Waals surface area contributed by atoms with Gasteiger partial charge in [0.2, 0.25) is 5.91 Å². The highest BCUT2D eigenvalue weighted by atomic mass is 16.6. The van der Waals surface area contributed by atoms with Crippen LogP contribution >= 0.6 is 0 Å². The molecule has 3 rings (SSSR count). The molecule has 5 N–H and O–H groups in total. The summed E-state index contributed by atoms with van der Waals surface area (Å²) in [6.07, 6.45) is 2.47. The van der Waals surface area contributed by atoms with Gasteiger partial charge in [-0.1, -0.05) is 49.4 Å². The zero-order valence-electron chi connectivity index (χ0n) is 21.2. The molecule has 0 saturated heterocycles. The fourth-order valence-electron chi connectivity index (χ4n) is 3.78. The Balaban J connectivity index is 1.66. The molecule has 3 aromatic rings. The fraction of sp³-hybridized carbons (Fsp3) is 0.207. The molecule has 0 aliphatic heterocycles. The number of nitrogen functional groups attached to an aromatic ring is 1. The minimum Gasteiger partial charge on any atom is -0.504 e. The van der Waals surface area contributed by atoms with Crippen LogP contribution in [0.15, 0.2) is 84.9 Å². The van der Waals surface area contributed by atoms with Gasteiger partial charge in [-0.25, -0.2) is 4.79 Å². The number of hydrogen-bond acceptors (Lipinski definition) is 7. The van der Waals surface area contributed by atoms with Crippen LogP contribution < -0.4 is 21.1 Å². The van der Waals surface area contributed by atoms with Crippen molar-refractivity contribution in [2.24, 2.45) is 5.92 Å². The van der Waals surface area contributed by atoms with Crippen molar-refractivity contribution < 1.29 is 29.0 Å².